The number of aromatic amines is 1. The van der Waals surface area contributed by atoms with E-state index in [1.54, 1.807) is 0 Å². The van der Waals surface area contributed by atoms with Gasteiger partial charge in [0, 0.05) is 16.3 Å². The topological polar surface area (TPSA) is 53.1 Å². The summed E-state index contributed by atoms with van der Waals surface area (Å²) in [5, 5.41) is 13.9. The van der Waals surface area contributed by atoms with Crippen LogP contribution in [-0.2, 0) is 6.61 Å². The van der Waals surface area contributed by atoms with Crippen molar-refractivity contribution in [3.8, 4) is 11.1 Å². The monoisotopic (exact) mass is 413 g/mol. The molecule has 4 rings (SSSR count). The molecule has 3 nitrogen and oxygen atoms in total. The summed E-state index contributed by atoms with van der Waals surface area (Å²) in [4.78, 5) is 15.3. The van der Waals surface area contributed by atoms with Crippen molar-refractivity contribution in [2.45, 2.75) is 39.2 Å². The number of halogens is 1. The second-order valence-corrected chi connectivity index (χ2v) is 8.03. The van der Waals surface area contributed by atoms with Crippen LogP contribution in [0.25, 0.3) is 32.1 Å². The zero-order valence-corrected chi connectivity index (χ0v) is 17.6. The highest BCUT2D eigenvalue weighted by Gasteiger charge is 2.15. The fraction of sp³-hybridized carbons (Fsp3) is 0.261. The zero-order valence-electron chi connectivity index (χ0n) is 16.0. The number of aromatic nitrogens is 1. The van der Waals surface area contributed by atoms with E-state index in [1.165, 1.54) is 29.7 Å². The van der Waals surface area contributed by atoms with Gasteiger partial charge in [0.05, 0.1) is 6.61 Å². The Morgan fingerprint density at radius 2 is 1.86 bits per heavy atom. The Bertz CT molecular complexity index is 1160. The van der Waals surface area contributed by atoms with Gasteiger partial charge in [-0.05, 0) is 52.1 Å². The minimum atomic E-state index is -0.0565. The van der Waals surface area contributed by atoms with E-state index in [0.717, 1.165) is 37.7 Å². The lowest BCUT2D eigenvalue weighted by Crippen LogP contribution is -2.05. The van der Waals surface area contributed by atoms with Gasteiger partial charge >= 0.3 is 0 Å². The summed E-state index contributed by atoms with van der Waals surface area (Å²) in [7, 11) is 0. The van der Waals surface area contributed by atoms with Crippen LogP contribution in [0.1, 0.15) is 43.7 Å². The van der Waals surface area contributed by atoms with Gasteiger partial charge in [-0.15, -0.1) is 23.7 Å². The van der Waals surface area contributed by atoms with Crippen LogP contribution in [0, 0.1) is 0 Å². The van der Waals surface area contributed by atoms with Gasteiger partial charge in [-0.25, -0.2) is 0 Å². The second kappa shape index (κ2) is 8.48. The number of nitrogens with one attached hydrogen (secondary N) is 1. The van der Waals surface area contributed by atoms with E-state index in [4.69, 9.17) is 0 Å². The maximum absolute atomic E-state index is 12.3. The van der Waals surface area contributed by atoms with Gasteiger partial charge in [-0.3, -0.25) is 4.79 Å². The summed E-state index contributed by atoms with van der Waals surface area (Å²) < 4.78 is 0.729. The highest BCUT2D eigenvalue weighted by molar-refractivity contribution is 7.17. The van der Waals surface area contributed by atoms with E-state index in [1.807, 2.05) is 23.6 Å². The molecule has 0 aliphatic rings. The number of aliphatic hydroxyl groups excluding tert-OH is 1. The Hall–Kier alpha value is -2.14. The molecule has 5 heteroatoms. The van der Waals surface area contributed by atoms with Crippen molar-refractivity contribution in [3.05, 3.63) is 69.3 Å². The van der Waals surface area contributed by atoms with Gasteiger partial charge in [0.2, 0.25) is 0 Å². The first-order chi connectivity index (χ1) is 13.1. The van der Waals surface area contributed by atoms with Crippen molar-refractivity contribution in [2.24, 2.45) is 0 Å². The van der Waals surface area contributed by atoms with Crippen LogP contribution in [0.4, 0.5) is 0 Å². The highest BCUT2D eigenvalue weighted by Crippen LogP contribution is 2.37. The van der Waals surface area contributed by atoms with Gasteiger partial charge in [0.1, 0.15) is 4.70 Å². The third-order valence-corrected chi connectivity index (χ3v) is 6.25. The molecular weight excluding hydrogens is 390 g/mol. The number of hydrogen-bond acceptors (Lipinski definition) is 3. The largest absolute Gasteiger partial charge is 0.392 e. The standard InChI is InChI=1S/C23H23NO2S.ClH/c1-3-4-14(2)15-5-7-16(8-6-15)20-17(13-25)9-10-19-21(20)18-11-12-27-22(18)23(26)24-19;/h5-12,14,25H,3-4,13H2,1-2H3,(H,24,26);1H/t14-;/m0./s1. The zero-order chi connectivity index (χ0) is 19.0. The molecule has 0 radical (unpaired) electrons. The minimum absolute atomic E-state index is 0. The Kier molecular flexibility index (Phi) is 6.23. The molecule has 2 N–H and O–H groups in total. The number of fused-ring (bicyclic) bond motifs is 3. The number of aliphatic hydroxyl groups is 1. The maximum atomic E-state index is 12.3. The molecule has 0 saturated heterocycles. The van der Waals surface area contributed by atoms with Crippen molar-refractivity contribution < 1.29 is 5.11 Å². The average Bonchev–Trinajstić information content (AvgIpc) is 3.18. The lowest BCUT2D eigenvalue weighted by Gasteiger charge is -2.15. The number of benzene rings is 2. The Labute approximate surface area is 174 Å². The third-order valence-electron chi connectivity index (χ3n) is 5.34. The van der Waals surface area contributed by atoms with Crippen molar-refractivity contribution in [1.82, 2.24) is 4.98 Å². The van der Waals surface area contributed by atoms with E-state index in [0.29, 0.717) is 5.92 Å². The fourth-order valence-corrected chi connectivity index (χ4v) is 4.73. The molecule has 28 heavy (non-hydrogen) atoms. The molecule has 0 unspecified atom stereocenters. The van der Waals surface area contributed by atoms with Crippen molar-refractivity contribution in [1.29, 1.82) is 0 Å². The van der Waals surface area contributed by atoms with Crippen LogP contribution in [0.3, 0.4) is 0 Å². The fourth-order valence-electron chi connectivity index (χ4n) is 3.93. The molecule has 0 bridgehead atoms. The summed E-state index contributed by atoms with van der Waals surface area (Å²) in [6.07, 6.45) is 2.34. The molecule has 146 valence electrons. The maximum Gasteiger partial charge on any atom is 0.266 e. The van der Waals surface area contributed by atoms with Gasteiger partial charge in [-0.1, -0.05) is 50.6 Å². The van der Waals surface area contributed by atoms with Crippen LogP contribution in [-0.4, -0.2) is 10.1 Å². The van der Waals surface area contributed by atoms with Crippen LogP contribution in [0.15, 0.2) is 52.6 Å². The smallest absolute Gasteiger partial charge is 0.266 e. The molecule has 0 spiro atoms. The van der Waals surface area contributed by atoms with Crippen LogP contribution in [0.2, 0.25) is 0 Å². The van der Waals surface area contributed by atoms with E-state index in [9.17, 15) is 9.90 Å². The quantitative estimate of drug-likeness (QED) is 0.407. The SMILES string of the molecule is CCC[C@H](C)c1ccc(-c2c(CO)ccc3[nH]c(=O)c4sccc4c23)cc1.Cl. The predicted molar refractivity (Wildman–Crippen MR) is 122 cm³/mol. The van der Waals surface area contributed by atoms with Crippen LogP contribution < -0.4 is 5.56 Å². The summed E-state index contributed by atoms with van der Waals surface area (Å²) in [5.41, 5.74) is 5.03. The van der Waals surface area contributed by atoms with E-state index in [2.05, 4.69) is 43.1 Å². The van der Waals surface area contributed by atoms with Gasteiger partial charge in [0.25, 0.3) is 5.56 Å². The minimum Gasteiger partial charge on any atom is -0.392 e. The summed E-state index contributed by atoms with van der Waals surface area (Å²) in [5.74, 6) is 0.536. The predicted octanol–water partition coefficient (Wildman–Crippen LogP) is 6.23. The first-order valence-electron chi connectivity index (χ1n) is 9.40. The first kappa shape index (κ1) is 20.6. The summed E-state index contributed by atoms with van der Waals surface area (Å²) >= 11 is 1.45. The molecule has 0 amide bonds. The molecular formula is C23H24ClNO2S. The number of thiophene rings is 1. The molecule has 0 saturated carbocycles. The number of hydrogen-bond donors (Lipinski definition) is 2. The van der Waals surface area contributed by atoms with Gasteiger partial charge in [-0.2, -0.15) is 0 Å². The summed E-state index contributed by atoms with van der Waals surface area (Å²) in [6.45, 7) is 4.43. The van der Waals surface area contributed by atoms with E-state index >= 15 is 0 Å². The van der Waals surface area contributed by atoms with E-state index < -0.39 is 0 Å². The molecule has 0 aliphatic heterocycles. The Morgan fingerprint density at radius 3 is 2.54 bits per heavy atom. The Morgan fingerprint density at radius 1 is 1.11 bits per heavy atom. The first-order valence-corrected chi connectivity index (χ1v) is 10.3. The molecule has 0 fully saturated rings. The lowest BCUT2D eigenvalue weighted by atomic mass is 9.91. The lowest BCUT2D eigenvalue weighted by molar-refractivity contribution is 0.282. The Balaban J connectivity index is 0.00000225. The van der Waals surface area contributed by atoms with Crippen molar-refractivity contribution in [3.63, 3.8) is 0 Å². The molecule has 2 aromatic heterocycles. The van der Waals surface area contributed by atoms with Gasteiger partial charge in [0.15, 0.2) is 0 Å². The molecule has 2 heterocycles. The molecule has 1 atom stereocenters. The molecule has 2 aromatic carbocycles. The molecule has 4 aromatic rings. The average molecular weight is 414 g/mol. The normalized spacial score (nSPS) is 12.2. The number of H-pyrrole nitrogens is 1. The van der Waals surface area contributed by atoms with E-state index in [-0.39, 0.29) is 24.6 Å². The highest BCUT2D eigenvalue weighted by atomic mass is 35.5. The van der Waals surface area contributed by atoms with Crippen molar-refractivity contribution in [2.75, 3.05) is 0 Å². The van der Waals surface area contributed by atoms with Crippen LogP contribution in [0.5, 0.6) is 0 Å². The number of pyridine rings is 1. The van der Waals surface area contributed by atoms with Gasteiger partial charge < -0.3 is 10.1 Å². The van der Waals surface area contributed by atoms with Crippen molar-refractivity contribution >= 4 is 44.7 Å². The second-order valence-electron chi connectivity index (χ2n) is 7.11. The molecule has 0 aliphatic carbocycles. The third kappa shape index (κ3) is 3.48. The summed E-state index contributed by atoms with van der Waals surface area (Å²) in [6, 6.07) is 14.4. The number of rotatable bonds is 5. The van der Waals surface area contributed by atoms with Crippen LogP contribution >= 0.6 is 23.7 Å².